The van der Waals surface area contributed by atoms with Gasteiger partial charge in [-0.15, -0.1) is 22.7 Å². The van der Waals surface area contributed by atoms with Crippen molar-refractivity contribution in [3.8, 4) is 10.6 Å². The van der Waals surface area contributed by atoms with Crippen LogP contribution in [-0.4, -0.2) is 4.98 Å². The first-order valence-corrected chi connectivity index (χ1v) is 7.19. The Morgan fingerprint density at radius 1 is 1.44 bits per heavy atom. The van der Waals surface area contributed by atoms with E-state index < -0.39 is 0 Å². The van der Waals surface area contributed by atoms with Crippen molar-refractivity contribution in [2.24, 2.45) is 5.73 Å². The van der Waals surface area contributed by atoms with Gasteiger partial charge >= 0.3 is 0 Å². The molecule has 0 amide bonds. The molecule has 2 N–H and O–H groups in total. The van der Waals surface area contributed by atoms with Gasteiger partial charge in [-0.05, 0) is 37.6 Å². The number of hydrogen-bond donors (Lipinski definition) is 1. The summed E-state index contributed by atoms with van der Waals surface area (Å²) in [5.41, 5.74) is 7.32. The van der Waals surface area contributed by atoms with E-state index >= 15 is 0 Å². The van der Waals surface area contributed by atoms with Gasteiger partial charge in [0.25, 0.3) is 0 Å². The summed E-state index contributed by atoms with van der Waals surface area (Å²) in [6.45, 7) is 2.14. The first-order valence-electron chi connectivity index (χ1n) is 5.50. The zero-order chi connectivity index (χ0) is 11.2. The first kappa shape index (κ1) is 10.4. The molecule has 0 aromatic carbocycles. The maximum Gasteiger partial charge on any atom is 0.113 e. The normalized spacial score (nSPS) is 18.4. The third kappa shape index (κ3) is 1.52. The highest BCUT2D eigenvalue weighted by atomic mass is 32.1. The molecule has 2 nitrogen and oxygen atoms in total. The Kier molecular flexibility index (Phi) is 2.38. The van der Waals surface area contributed by atoms with Crippen molar-refractivity contribution in [2.75, 3.05) is 0 Å². The molecule has 16 heavy (non-hydrogen) atoms. The molecular weight excluding hydrogens is 236 g/mol. The summed E-state index contributed by atoms with van der Waals surface area (Å²) in [4.78, 5) is 7.29. The Bertz CT molecular complexity index is 495. The number of thiazole rings is 1. The molecule has 1 aliphatic carbocycles. The van der Waals surface area contributed by atoms with Crippen LogP contribution < -0.4 is 5.73 Å². The van der Waals surface area contributed by atoms with Gasteiger partial charge in [0.15, 0.2) is 0 Å². The topological polar surface area (TPSA) is 38.9 Å². The minimum atomic E-state index is -0.120. The molecule has 2 aromatic rings. The molecule has 0 spiro atoms. The Morgan fingerprint density at radius 2 is 2.25 bits per heavy atom. The fraction of sp³-hybridized carbons (Fsp3) is 0.417. The van der Waals surface area contributed by atoms with Crippen LogP contribution >= 0.6 is 22.7 Å². The van der Waals surface area contributed by atoms with Gasteiger partial charge in [-0.2, -0.15) is 0 Å². The molecule has 84 valence electrons. The van der Waals surface area contributed by atoms with E-state index in [-0.39, 0.29) is 5.54 Å². The predicted molar refractivity (Wildman–Crippen MR) is 69.9 cm³/mol. The number of aryl methyl sites for hydroxylation is 1. The van der Waals surface area contributed by atoms with Crippen LogP contribution in [-0.2, 0) is 5.54 Å². The van der Waals surface area contributed by atoms with Gasteiger partial charge in [0.1, 0.15) is 5.01 Å². The van der Waals surface area contributed by atoms with E-state index in [2.05, 4.69) is 24.4 Å². The average molecular weight is 250 g/mol. The van der Waals surface area contributed by atoms with Crippen LogP contribution in [0.2, 0.25) is 0 Å². The van der Waals surface area contributed by atoms with E-state index in [1.807, 2.05) is 0 Å². The second-order valence-corrected chi connectivity index (χ2v) is 6.56. The molecule has 2 aromatic heterocycles. The van der Waals surface area contributed by atoms with Gasteiger partial charge in [-0.25, -0.2) is 4.98 Å². The Morgan fingerprint density at radius 3 is 2.81 bits per heavy atom. The van der Waals surface area contributed by atoms with Crippen LogP contribution in [0.15, 0.2) is 17.5 Å². The van der Waals surface area contributed by atoms with Crippen LogP contribution in [0.5, 0.6) is 0 Å². The summed E-state index contributed by atoms with van der Waals surface area (Å²) >= 11 is 3.51. The molecule has 1 aliphatic rings. The molecule has 3 rings (SSSR count). The van der Waals surface area contributed by atoms with E-state index in [0.29, 0.717) is 0 Å². The van der Waals surface area contributed by atoms with Gasteiger partial charge in [-0.1, -0.05) is 6.07 Å². The van der Waals surface area contributed by atoms with Crippen LogP contribution in [0, 0.1) is 6.92 Å². The third-order valence-electron chi connectivity index (χ3n) is 3.22. The highest BCUT2D eigenvalue weighted by molar-refractivity contribution is 7.15. The monoisotopic (exact) mass is 250 g/mol. The molecule has 1 saturated carbocycles. The Balaban J connectivity index is 2.02. The quantitative estimate of drug-likeness (QED) is 0.885. The summed E-state index contributed by atoms with van der Waals surface area (Å²) in [6.07, 6.45) is 3.41. The van der Waals surface area contributed by atoms with Crippen LogP contribution in [0.3, 0.4) is 0 Å². The van der Waals surface area contributed by atoms with E-state index in [0.717, 1.165) is 23.5 Å². The molecule has 0 unspecified atom stereocenters. The largest absolute Gasteiger partial charge is 0.319 e. The highest BCUT2D eigenvalue weighted by Crippen LogP contribution is 2.43. The van der Waals surface area contributed by atoms with Crippen molar-refractivity contribution in [3.05, 3.63) is 27.4 Å². The minimum absolute atomic E-state index is 0.120. The molecule has 0 atom stereocenters. The lowest BCUT2D eigenvalue weighted by molar-refractivity contribution is 0.253. The number of aromatic nitrogens is 1. The second kappa shape index (κ2) is 3.65. The lowest BCUT2D eigenvalue weighted by atomic mass is 9.78. The summed E-state index contributed by atoms with van der Waals surface area (Å²) in [5.74, 6) is 0. The highest BCUT2D eigenvalue weighted by Gasteiger charge is 2.37. The smallest absolute Gasteiger partial charge is 0.113 e. The van der Waals surface area contributed by atoms with E-state index in [9.17, 15) is 0 Å². The molecule has 2 heterocycles. The van der Waals surface area contributed by atoms with Crippen LogP contribution in [0.25, 0.3) is 10.6 Å². The maximum atomic E-state index is 6.31. The van der Waals surface area contributed by atoms with Gasteiger partial charge in [0.2, 0.25) is 0 Å². The average Bonchev–Trinajstić information content (AvgIpc) is 2.82. The summed E-state index contributed by atoms with van der Waals surface area (Å²) < 4.78 is 0. The van der Waals surface area contributed by atoms with Crippen LogP contribution in [0.4, 0.5) is 0 Å². The summed E-state index contributed by atoms with van der Waals surface area (Å²) in [5, 5.41) is 3.22. The number of nitrogens with two attached hydrogens (primary N) is 1. The van der Waals surface area contributed by atoms with E-state index in [1.165, 1.54) is 16.2 Å². The lowest BCUT2D eigenvalue weighted by Crippen LogP contribution is -2.43. The maximum absolute atomic E-state index is 6.31. The molecular formula is C12H14N2S2. The van der Waals surface area contributed by atoms with Gasteiger partial charge in [0.05, 0.1) is 16.1 Å². The Hall–Kier alpha value is -0.710. The van der Waals surface area contributed by atoms with E-state index in [1.54, 1.807) is 22.7 Å². The molecule has 0 radical (unpaired) electrons. The molecule has 0 aliphatic heterocycles. The zero-order valence-corrected chi connectivity index (χ0v) is 10.8. The zero-order valence-electron chi connectivity index (χ0n) is 9.19. The van der Waals surface area contributed by atoms with Gasteiger partial charge in [-0.3, -0.25) is 0 Å². The van der Waals surface area contributed by atoms with Crippen molar-refractivity contribution in [1.29, 1.82) is 0 Å². The predicted octanol–water partition coefficient (Wildman–Crippen LogP) is 3.52. The SMILES string of the molecule is Cc1sc(C2(N)CCC2)nc1-c1cccs1. The van der Waals surface area contributed by atoms with Crippen molar-refractivity contribution >= 4 is 22.7 Å². The van der Waals surface area contributed by atoms with Gasteiger partial charge in [0, 0.05) is 4.88 Å². The lowest BCUT2D eigenvalue weighted by Gasteiger charge is -2.35. The number of rotatable bonds is 2. The number of thiophene rings is 1. The summed E-state index contributed by atoms with van der Waals surface area (Å²) in [7, 11) is 0. The molecule has 0 saturated heterocycles. The Labute approximate surface area is 103 Å². The number of hydrogen-bond acceptors (Lipinski definition) is 4. The standard InChI is InChI=1S/C12H14N2S2/c1-8-10(9-4-2-7-15-9)14-11(16-8)12(13)5-3-6-12/h2,4,7H,3,5-6,13H2,1H3. The van der Waals surface area contributed by atoms with Crippen molar-refractivity contribution in [1.82, 2.24) is 4.98 Å². The van der Waals surface area contributed by atoms with Crippen LogP contribution in [0.1, 0.15) is 29.1 Å². The molecule has 1 fully saturated rings. The number of nitrogens with zero attached hydrogens (tertiary/aromatic N) is 1. The second-order valence-electron chi connectivity index (χ2n) is 4.41. The molecule has 4 heteroatoms. The fourth-order valence-electron chi connectivity index (χ4n) is 2.02. The van der Waals surface area contributed by atoms with Gasteiger partial charge < -0.3 is 5.73 Å². The van der Waals surface area contributed by atoms with E-state index in [4.69, 9.17) is 10.7 Å². The van der Waals surface area contributed by atoms with Crippen molar-refractivity contribution in [2.45, 2.75) is 31.7 Å². The third-order valence-corrected chi connectivity index (χ3v) is 5.29. The van der Waals surface area contributed by atoms with Crippen molar-refractivity contribution < 1.29 is 0 Å². The first-order chi connectivity index (χ1) is 7.69. The fourth-order valence-corrected chi connectivity index (χ4v) is 3.95. The summed E-state index contributed by atoms with van der Waals surface area (Å²) in [6, 6.07) is 4.19. The van der Waals surface area contributed by atoms with Crippen molar-refractivity contribution in [3.63, 3.8) is 0 Å². The minimum Gasteiger partial charge on any atom is -0.319 e. The molecule has 0 bridgehead atoms.